The maximum absolute atomic E-state index is 12.0. The minimum atomic E-state index is -0.930. The Balaban J connectivity index is 2.50. The van der Waals surface area contributed by atoms with Gasteiger partial charge < -0.3 is 5.11 Å². The Labute approximate surface area is 128 Å². The highest BCUT2D eigenvalue weighted by Crippen LogP contribution is 2.24. The van der Waals surface area contributed by atoms with Crippen molar-refractivity contribution >= 4 is 33.2 Å². The largest absolute Gasteiger partial charge is 0.481 e. The molecule has 0 aliphatic rings. The minimum absolute atomic E-state index is 0.128. The van der Waals surface area contributed by atoms with E-state index < -0.39 is 5.97 Å². The van der Waals surface area contributed by atoms with Gasteiger partial charge in [-0.1, -0.05) is 0 Å². The number of rotatable bonds is 4. The second-order valence-electron chi connectivity index (χ2n) is 4.39. The van der Waals surface area contributed by atoms with E-state index in [9.17, 15) is 9.59 Å². The molecule has 0 aliphatic carbocycles. The van der Waals surface area contributed by atoms with E-state index in [4.69, 9.17) is 5.11 Å². The lowest BCUT2D eigenvalue weighted by atomic mass is 10.1. The van der Waals surface area contributed by atoms with Crippen LogP contribution >= 0.6 is 27.3 Å². The molecule has 7 heteroatoms. The van der Waals surface area contributed by atoms with E-state index >= 15 is 0 Å². The molecule has 2 aromatic heterocycles. The summed E-state index contributed by atoms with van der Waals surface area (Å²) in [6.07, 6.45) is -0.128. The monoisotopic (exact) mass is 356 g/mol. The van der Waals surface area contributed by atoms with Crippen molar-refractivity contribution in [3.63, 3.8) is 0 Å². The SMILES string of the molecule is Cc1nc(=O)n(Cc2sccc2Br)c(C)c1CC(=O)O. The number of hydrogen-bond donors (Lipinski definition) is 1. The fourth-order valence-corrected chi connectivity index (χ4v) is 3.48. The zero-order chi connectivity index (χ0) is 14.9. The number of thiophene rings is 1. The molecule has 1 N–H and O–H groups in total. The molecule has 0 saturated heterocycles. The Morgan fingerprint density at radius 3 is 2.75 bits per heavy atom. The number of nitrogens with zero attached hydrogens (tertiary/aromatic N) is 2. The molecule has 2 aromatic rings. The van der Waals surface area contributed by atoms with Gasteiger partial charge in [0, 0.05) is 26.3 Å². The summed E-state index contributed by atoms with van der Waals surface area (Å²) in [5.41, 5.74) is 1.39. The highest BCUT2D eigenvalue weighted by Gasteiger charge is 2.15. The van der Waals surface area contributed by atoms with Crippen molar-refractivity contribution < 1.29 is 9.90 Å². The normalized spacial score (nSPS) is 10.8. The summed E-state index contributed by atoms with van der Waals surface area (Å²) in [5, 5.41) is 10.9. The van der Waals surface area contributed by atoms with E-state index in [0.29, 0.717) is 23.5 Å². The molecule has 0 aromatic carbocycles. The molecule has 0 atom stereocenters. The van der Waals surface area contributed by atoms with Crippen LogP contribution < -0.4 is 5.69 Å². The number of carboxylic acids is 1. The molecule has 0 radical (unpaired) electrons. The first-order valence-corrected chi connectivity index (χ1v) is 7.58. The van der Waals surface area contributed by atoms with Crippen molar-refractivity contribution in [1.82, 2.24) is 9.55 Å². The summed E-state index contributed by atoms with van der Waals surface area (Å²) >= 11 is 4.96. The van der Waals surface area contributed by atoms with Gasteiger partial charge in [-0.2, -0.15) is 4.98 Å². The third-order valence-electron chi connectivity index (χ3n) is 3.09. The minimum Gasteiger partial charge on any atom is -0.481 e. The number of carbonyl (C=O) groups is 1. The Morgan fingerprint density at radius 1 is 1.50 bits per heavy atom. The van der Waals surface area contributed by atoms with Gasteiger partial charge in [0.25, 0.3) is 0 Å². The van der Waals surface area contributed by atoms with Crippen molar-refractivity contribution in [3.05, 3.63) is 48.2 Å². The number of aliphatic carboxylic acids is 1. The Bertz CT molecular complexity index is 721. The zero-order valence-electron chi connectivity index (χ0n) is 11.0. The van der Waals surface area contributed by atoms with Gasteiger partial charge in [-0.25, -0.2) is 4.79 Å². The summed E-state index contributed by atoms with van der Waals surface area (Å²) in [6.45, 7) is 3.82. The molecular weight excluding hydrogens is 344 g/mol. The molecule has 0 spiro atoms. The highest BCUT2D eigenvalue weighted by molar-refractivity contribution is 9.10. The van der Waals surface area contributed by atoms with E-state index in [2.05, 4.69) is 20.9 Å². The lowest BCUT2D eigenvalue weighted by Crippen LogP contribution is -2.28. The number of hydrogen-bond acceptors (Lipinski definition) is 4. The second kappa shape index (κ2) is 5.88. The van der Waals surface area contributed by atoms with Crippen molar-refractivity contribution in [2.24, 2.45) is 0 Å². The van der Waals surface area contributed by atoms with Gasteiger partial charge in [0.1, 0.15) is 0 Å². The van der Waals surface area contributed by atoms with Crippen LogP contribution in [0.4, 0.5) is 0 Å². The molecule has 0 amide bonds. The highest BCUT2D eigenvalue weighted by atomic mass is 79.9. The molecule has 5 nitrogen and oxygen atoms in total. The van der Waals surface area contributed by atoms with Gasteiger partial charge in [0.15, 0.2) is 0 Å². The van der Waals surface area contributed by atoms with Crippen LogP contribution in [0.3, 0.4) is 0 Å². The first kappa shape index (κ1) is 14.9. The molecule has 0 unspecified atom stereocenters. The van der Waals surface area contributed by atoms with Crippen molar-refractivity contribution in [2.45, 2.75) is 26.8 Å². The van der Waals surface area contributed by atoms with E-state index in [1.807, 2.05) is 11.4 Å². The standard InChI is InChI=1S/C13H13BrN2O3S/c1-7-9(5-12(17)18)8(2)16(13(19)15-7)6-11-10(14)3-4-20-11/h3-4H,5-6H2,1-2H3,(H,17,18). The van der Waals surface area contributed by atoms with Crippen molar-refractivity contribution in [3.8, 4) is 0 Å². The molecular formula is C13H13BrN2O3S. The lowest BCUT2D eigenvalue weighted by Gasteiger charge is -2.14. The molecule has 0 bridgehead atoms. The Kier molecular flexibility index (Phi) is 4.39. The van der Waals surface area contributed by atoms with E-state index in [-0.39, 0.29) is 12.1 Å². The molecule has 2 heterocycles. The summed E-state index contributed by atoms with van der Waals surface area (Å²) in [7, 11) is 0. The second-order valence-corrected chi connectivity index (χ2v) is 6.25. The van der Waals surface area contributed by atoms with Crippen LogP contribution in [-0.4, -0.2) is 20.6 Å². The quantitative estimate of drug-likeness (QED) is 0.912. The van der Waals surface area contributed by atoms with Crippen molar-refractivity contribution in [2.75, 3.05) is 0 Å². The van der Waals surface area contributed by atoms with Crippen LogP contribution in [-0.2, 0) is 17.8 Å². The molecule has 106 valence electrons. The van der Waals surface area contributed by atoms with Crippen LogP contribution in [0.2, 0.25) is 0 Å². The molecule has 2 rings (SSSR count). The average molecular weight is 357 g/mol. The van der Waals surface area contributed by atoms with E-state index in [1.165, 1.54) is 15.9 Å². The zero-order valence-corrected chi connectivity index (χ0v) is 13.4. The fourth-order valence-electron chi connectivity index (χ4n) is 2.01. The van der Waals surface area contributed by atoms with Crippen LogP contribution in [0.15, 0.2) is 20.7 Å². The van der Waals surface area contributed by atoms with Crippen LogP contribution in [0.1, 0.15) is 21.8 Å². The Hall–Kier alpha value is -1.47. The molecule has 20 heavy (non-hydrogen) atoms. The van der Waals surface area contributed by atoms with Gasteiger partial charge in [0.05, 0.1) is 13.0 Å². The van der Waals surface area contributed by atoms with Crippen LogP contribution in [0.5, 0.6) is 0 Å². The molecule has 0 fully saturated rings. The fraction of sp³-hybridized carbons (Fsp3) is 0.308. The number of halogens is 1. The smallest absolute Gasteiger partial charge is 0.348 e. The average Bonchev–Trinajstić information content (AvgIpc) is 2.75. The van der Waals surface area contributed by atoms with Crippen LogP contribution in [0, 0.1) is 13.8 Å². The van der Waals surface area contributed by atoms with Gasteiger partial charge in [0.2, 0.25) is 0 Å². The maximum Gasteiger partial charge on any atom is 0.348 e. The molecule has 0 aliphatic heterocycles. The molecule has 0 saturated carbocycles. The summed E-state index contributed by atoms with van der Waals surface area (Å²) in [6, 6.07) is 1.92. The van der Waals surface area contributed by atoms with Crippen molar-refractivity contribution in [1.29, 1.82) is 0 Å². The van der Waals surface area contributed by atoms with E-state index in [0.717, 1.165) is 9.35 Å². The summed E-state index contributed by atoms with van der Waals surface area (Å²) < 4.78 is 2.45. The number of aromatic nitrogens is 2. The first-order chi connectivity index (χ1) is 9.40. The van der Waals surface area contributed by atoms with Gasteiger partial charge >= 0.3 is 11.7 Å². The number of aryl methyl sites for hydroxylation is 1. The van der Waals surface area contributed by atoms with Gasteiger partial charge in [-0.3, -0.25) is 9.36 Å². The number of carboxylic acid groups (broad SMARTS) is 1. The topological polar surface area (TPSA) is 72.2 Å². The maximum atomic E-state index is 12.0. The van der Waals surface area contributed by atoms with Crippen LogP contribution in [0.25, 0.3) is 0 Å². The summed E-state index contributed by atoms with van der Waals surface area (Å²) in [5.74, 6) is -0.930. The summed E-state index contributed by atoms with van der Waals surface area (Å²) in [4.78, 5) is 27.9. The predicted octanol–water partition coefficient (Wildman–Crippen LogP) is 2.36. The lowest BCUT2D eigenvalue weighted by molar-refractivity contribution is -0.136. The first-order valence-electron chi connectivity index (χ1n) is 5.90. The van der Waals surface area contributed by atoms with E-state index in [1.54, 1.807) is 13.8 Å². The third kappa shape index (κ3) is 2.99. The predicted molar refractivity (Wildman–Crippen MR) is 80.4 cm³/mol. The Morgan fingerprint density at radius 2 is 2.20 bits per heavy atom. The van der Waals surface area contributed by atoms with Gasteiger partial charge in [-0.05, 0) is 41.2 Å². The van der Waals surface area contributed by atoms with Gasteiger partial charge in [-0.15, -0.1) is 11.3 Å². The third-order valence-corrected chi connectivity index (χ3v) is 5.00.